The predicted molar refractivity (Wildman–Crippen MR) is 65.3 cm³/mol. The van der Waals surface area contributed by atoms with E-state index in [4.69, 9.17) is 0 Å². The van der Waals surface area contributed by atoms with Crippen molar-refractivity contribution in [3.05, 3.63) is 29.8 Å². The minimum Gasteiger partial charge on any atom is -0.324 e. The maximum Gasteiger partial charge on any atom is 0.246 e. The lowest BCUT2D eigenvalue weighted by Crippen LogP contribution is -2.30. The molecule has 16 heavy (non-hydrogen) atoms. The van der Waals surface area contributed by atoms with Crippen LogP contribution >= 0.6 is 0 Å². The van der Waals surface area contributed by atoms with Crippen molar-refractivity contribution in [3.8, 4) is 0 Å². The van der Waals surface area contributed by atoms with Gasteiger partial charge in [0.2, 0.25) is 5.91 Å². The highest BCUT2D eigenvalue weighted by Crippen LogP contribution is 2.30. The van der Waals surface area contributed by atoms with Gasteiger partial charge >= 0.3 is 0 Å². The first-order valence-electron chi connectivity index (χ1n) is 5.85. The summed E-state index contributed by atoms with van der Waals surface area (Å²) in [6, 6.07) is 7.68. The number of para-hydroxylation sites is 1. The highest BCUT2D eigenvalue weighted by atomic mass is 16.2. The third-order valence-electron chi connectivity index (χ3n) is 3.16. The zero-order chi connectivity index (χ0) is 11.5. The van der Waals surface area contributed by atoms with Crippen LogP contribution in [0.4, 0.5) is 5.69 Å². The third kappa shape index (κ3) is 2.09. The Hall–Kier alpha value is -1.35. The molecule has 3 nitrogen and oxygen atoms in total. The molecule has 1 amide bonds. The first kappa shape index (κ1) is 11.1. The quantitative estimate of drug-likeness (QED) is 0.814. The van der Waals surface area contributed by atoms with E-state index in [9.17, 15) is 4.79 Å². The third-order valence-corrected chi connectivity index (χ3v) is 3.16. The van der Waals surface area contributed by atoms with Gasteiger partial charge in [-0.1, -0.05) is 38.5 Å². The van der Waals surface area contributed by atoms with Gasteiger partial charge in [-0.05, 0) is 18.5 Å². The van der Waals surface area contributed by atoms with E-state index in [1.165, 1.54) is 0 Å². The van der Waals surface area contributed by atoms with E-state index in [1.807, 2.05) is 24.3 Å². The summed E-state index contributed by atoms with van der Waals surface area (Å²) in [5.74, 6) is 0.657. The van der Waals surface area contributed by atoms with E-state index in [2.05, 4.69) is 24.5 Å². The van der Waals surface area contributed by atoms with Crippen molar-refractivity contribution in [2.45, 2.75) is 26.3 Å². The van der Waals surface area contributed by atoms with Gasteiger partial charge in [-0.3, -0.25) is 4.79 Å². The van der Waals surface area contributed by atoms with Crippen molar-refractivity contribution in [2.24, 2.45) is 5.92 Å². The Morgan fingerprint density at radius 3 is 2.94 bits per heavy atom. The predicted octanol–water partition coefficient (Wildman–Crippen LogP) is 2.32. The molecular formula is C13H18N2O. The van der Waals surface area contributed by atoms with E-state index < -0.39 is 0 Å². The lowest BCUT2D eigenvalue weighted by atomic mass is 10.1. The van der Waals surface area contributed by atoms with Gasteiger partial charge in [0.25, 0.3) is 0 Å². The molecule has 2 unspecified atom stereocenters. The van der Waals surface area contributed by atoms with Gasteiger partial charge in [-0.25, -0.2) is 0 Å². The summed E-state index contributed by atoms with van der Waals surface area (Å²) in [5, 5.41) is 6.21. The molecule has 0 fully saturated rings. The minimum absolute atomic E-state index is 0.0597. The van der Waals surface area contributed by atoms with Gasteiger partial charge in [-0.2, -0.15) is 0 Å². The molecule has 0 bridgehead atoms. The summed E-state index contributed by atoms with van der Waals surface area (Å²) in [7, 11) is 0. The van der Waals surface area contributed by atoms with Crippen LogP contribution in [0.15, 0.2) is 24.3 Å². The number of hydrogen-bond donors (Lipinski definition) is 2. The van der Waals surface area contributed by atoms with E-state index in [1.54, 1.807) is 0 Å². The summed E-state index contributed by atoms with van der Waals surface area (Å²) in [5.41, 5.74) is 2.00. The summed E-state index contributed by atoms with van der Waals surface area (Å²) >= 11 is 0. The number of nitrogens with one attached hydrogen (secondary N) is 2. The molecule has 0 saturated carbocycles. The van der Waals surface area contributed by atoms with Gasteiger partial charge in [0.05, 0.1) is 0 Å². The van der Waals surface area contributed by atoms with E-state index in [-0.39, 0.29) is 11.9 Å². The number of rotatable bonds is 4. The van der Waals surface area contributed by atoms with Gasteiger partial charge in [0, 0.05) is 11.3 Å². The Labute approximate surface area is 96.2 Å². The first-order chi connectivity index (χ1) is 7.72. The number of amides is 1. The van der Waals surface area contributed by atoms with Crippen molar-refractivity contribution in [2.75, 3.05) is 11.9 Å². The lowest BCUT2D eigenvalue weighted by molar-refractivity contribution is -0.117. The molecule has 2 rings (SSSR count). The van der Waals surface area contributed by atoms with Crippen molar-refractivity contribution >= 4 is 11.6 Å². The molecule has 1 aromatic rings. The molecule has 0 radical (unpaired) electrons. The maximum absolute atomic E-state index is 11.8. The smallest absolute Gasteiger partial charge is 0.246 e. The Morgan fingerprint density at radius 2 is 2.19 bits per heavy atom. The standard InChI is InChI=1S/C13H18N2O/c1-3-9(2)8-14-12-10-6-4-5-7-11(10)15-13(12)16/h4-7,9,12,14H,3,8H2,1-2H3,(H,15,16). The highest BCUT2D eigenvalue weighted by molar-refractivity contribution is 6.02. The zero-order valence-corrected chi connectivity index (χ0v) is 9.79. The number of benzene rings is 1. The average Bonchev–Trinajstić information content (AvgIpc) is 2.62. The fourth-order valence-corrected chi connectivity index (χ4v) is 1.87. The monoisotopic (exact) mass is 218 g/mol. The van der Waals surface area contributed by atoms with Crippen LogP contribution in [0.25, 0.3) is 0 Å². The van der Waals surface area contributed by atoms with Crippen LogP contribution in [0.1, 0.15) is 31.9 Å². The number of hydrogen-bond acceptors (Lipinski definition) is 2. The molecule has 0 spiro atoms. The maximum atomic E-state index is 11.8. The minimum atomic E-state index is -0.176. The van der Waals surface area contributed by atoms with E-state index in [0.29, 0.717) is 5.92 Å². The van der Waals surface area contributed by atoms with Crippen molar-refractivity contribution in [1.82, 2.24) is 5.32 Å². The summed E-state index contributed by atoms with van der Waals surface area (Å²) in [6.45, 7) is 5.23. The second-order valence-corrected chi connectivity index (χ2v) is 4.43. The van der Waals surface area contributed by atoms with Crippen LogP contribution in [0.5, 0.6) is 0 Å². The second kappa shape index (κ2) is 4.66. The van der Waals surface area contributed by atoms with Crippen molar-refractivity contribution in [1.29, 1.82) is 0 Å². The lowest BCUT2D eigenvalue weighted by Gasteiger charge is -2.14. The summed E-state index contributed by atoms with van der Waals surface area (Å²) in [6.07, 6.45) is 1.13. The van der Waals surface area contributed by atoms with Gasteiger partial charge < -0.3 is 10.6 Å². The van der Waals surface area contributed by atoms with Gasteiger partial charge in [-0.15, -0.1) is 0 Å². The summed E-state index contributed by atoms with van der Waals surface area (Å²) in [4.78, 5) is 11.8. The highest BCUT2D eigenvalue weighted by Gasteiger charge is 2.29. The molecular weight excluding hydrogens is 200 g/mol. The second-order valence-electron chi connectivity index (χ2n) is 4.43. The van der Waals surface area contributed by atoms with E-state index >= 15 is 0 Å². The number of anilines is 1. The molecule has 1 aromatic carbocycles. The van der Waals surface area contributed by atoms with Crippen LogP contribution in [-0.4, -0.2) is 12.5 Å². The molecule has 0 aliphatic carbocycles. The molecule has 1 aliphatic rings. The molecule has 2 atom stereocenters. The molecule has 1 aliphatic heterocycles. The molecule has 1 heterocycles. The number of carbonyl (C=O) groups excluding carboxylic acids is 1. The fraction of sp³-hybridized carbons (Fsp3) is 0.462. The Morgan fingerprint density at radius 1 is 1.44 bits per heavy atom. The van der Waals surface area contributed by atoms with Crippen LogP contribution in [0.3, 0.4) is 0 Å². The summed E-state index contributed by atoms with van der Waals surface area (Å²) < 4.78 is 0. The SMILES string of the molecule is CCC(C)CNC1C(=O)Nc2ccccc21. The average molecular weight is 218 g/mol. The van der Waals surface area contributed by atoms with Crippen molar-refractivity contribution < 1.29 is 4.79 Å². The topological polar surface area (TPSA) is 41.1 Å². The van der Waals surface area contributed by atoms with Crippen LogP contribution in [0, 0.1) is 5.92 Å². The fourth-order valence-electron chi connectivity index (χ4n) is 1.87. The van der Waals surface area contributed by atoms with Crippen LogP contribution in [-0.2, 0) is 4.79 Å². The molecule has 3 heteroatoms. The molecule has 0 aromatic heterocycles. The first-order valence-corrected chi connectivity index (χ1v) is 5.85. The largest absolute Gasteiger partial charge is 0.324 e. The van der Waals surface area contributed by atoms with E-state index in [0.717, 1.165) is 24.2 Å². The van der Waals surface area contributed by atoms with Crippen LogP contribution in [0.2, 0.25) is 0 Å². The molecule has 86 valence electrons. The van der Waals surface area contributed by atoms with Gasteiger partial charge in [0.15, 0.2) is 0 Å². The van der Waals surface area contributed by atoms with Crippen LogP contribution < -0.4 is 10.6 Å². The Kier molecular flexibility index (Phi) is 3.25. The Balaban J connectivity index is 2.07. The Bertz CT molecular complexity index is 389. The van der Waals surface area contributed by atoms with Gasteiger partial charge in [0.1, 0.15) is 6.04 Å². The molecule has 0 saturated heterocycles. The number of fused-ring (bicyclic) bond motifs is 1. The number of carbonyl (C=O) groups is 1. The van der Waals surface area contributed by atoms with Crippen molar-refractivity contribution in [3.63, 3.8) is 0 Å². The molecule has 2 N–H and O–H groups in total. The zero-order valence-electron chi connectivity index (χ0n) is 9.79. The normalized spacial score (nSPS) is 20.4.